The number of rotatable bonds is 6. The molecular weight excluding hydrogens is 305 g/mol. The lowest BCUT2D eigenvalue weighted by atomic mass is 9.98. The van der Waals surface area contributed by atoms with Gasteiger partial charge in [-0.05, 0) is 44.9 Å². The second kappa shape index (κ2) is 6.64. The van der Waals surface area contributed by atoms with Crippen LogP contribution in [0.5, 0.6) is 0 Å². The van der Waals surface area contributed by atoms with Gasteiger partial charge < -0.3 is 5.32 Å². The SMILES string of the molecule is CN(CC(=O)N[C@](C)(C#N)C1CC1)Cc1c(F)cccc1Cl. The molecule has 1 N–H and O–H groups in total. The summed E-state index contributed by atoms with van der Waals surface area (Å²) in [5, 5.41) is 12.4. The van der Waals surface area contributed by atoms with Crippen molar-refractivity contribution < 1.29 is 9.18 Å². The van der Waals surface area contributed by atoms with Crippen LogP contribution in [0.3, 0.4) is 0 Å². The Bertz CT molecular complexity index is 592. The molecule has 0 aliphatic heterocycles. The fraction of sp³-hybridized carbons (Fsp3) is 0.500. The summed E-state index contributed by atoms with van der Waals surface area (Å²) in [6.07, 6.45) is 1.93. The monoisotopic (exact) mass is 323 g/mol. The molecule has 1 amide bonds. The first-order valence-electron chi connectivity index (χ1n) is 7.19. The molecule has 1 fully saturated rings. The minimum absolute atomic E-state index is 0.0780. The highest BCUT2D eigenvalue weighted by Crippen LogP contribution is 2.39. The summed E-state index contributed by atoms with van der Waals surface area (Å²) in [6, 6.07) is 6.69. The Morgan fingerprint density at radius 2 is 2.27 bits per heavy atom. The number of hydrogen-bond donors (Lipinski definition) is 1. The van der Waals surface area contributed by atoms with Crippen molar-refractivity contribution in [2.75, 3.05) is 13.6 Å². The molecule has 0 radical (unpaired) electrons. The van der Waals surface area contributed by atoms with Crippen molar-refractivity contribution in [2.45, 2.75) is 31.8 Å². The molecule has 1 aliphatic rings. The second-order valence-corrected chi connectivity index (χ2v) is 6.42. The highest BCUT2D eigenvalue weighted by molar-refractivity contribution is 6.31. The van der Waals surface area contributed by atoms with Crippen molar-refractivity contribution in [3.8, 4) is 6.07 Å². The van der Waals surface area contributed by atoms with Crippen LogP contribution in [0.25, 0.3) is 0 Å². The van der Waals surface area contributed by atoms with Gasteiger partial charge in [0.25, 0.3) is 0 Å². The lowest BCUT2D eigenvalue weighted by Crippen LogP contribution is -2.49. The number of benzene rings is 1. The van der Waals surface area contributed by atoms with E-state index in [1.54, 1.807) is 31.0 Å². The Morgan fingerprint density at radius 3 is 2.82 bits per heavy atom. The highest BCUT2D eigenvalue weighted by Gasteiger charge is 2.43. The van der Waals surface area contributed by atoms with E-state index in [4.69, 9.17) is 11.6 Å². The zero-order chi connectivity index (χ0) is 16.3. The second-order valence-electron chi connectivity index (χ2n) is 6.01. The van der Waals surface area contributed by atoms with Gasteiger partial charge in [-0.25, -0.2) is 4.39 Å². The van der Waals surface area contributed by atoms with E-state index >= 15 is 0 Å². The lowest BCUT2D eigenvalue weighted by molar-refractivity contribution is -0.123. The van der Waals surface area contributed by atoms with Gasteiger partial charge in [0, 0.05) is 17.1 Å². The fourth-order valence-electron chi connectivity index (χ4n) is 2.47. The van der Waals surface area contributed by atoms with Gasteiger partial charge in [0.2, 0.25) is 5.91 Å². The molecule has 0 aromatic heterocycles. The minimum Gasteiger partial charge on any atom is -0.337 e. The molecule has 0 unspecified atom stereocenters. The van der Waals surface area contributed by atoms with Crippen LogP contribution in [0.2, 0.25) is 5.02 Å². The lowest BCUT2D eigenvalue weighted by Gasteiger charge is -2.25. The van der Waals surface area contributed by atoms with Crippen molar-refractivity contribution in [1.82, 2.24) is 10.2 Å². The maximum absolute atomic E-state index is 13.7. The maximum Gasteiger partial charge on any atom is 0.235 e. The molecule has 0 bridgehead atoms. The summed E-state index contributed by atoms with van der Waals surface area (Å²) >= 11 is 5.98. The summed E-state index contributed by atoms with van der Waals surface area (Å²) in [4.78, 5) is 13.8. The molecule has 1 aromatic rings. The molecule has 22 heavy (non-hydrogen) atoms. The summed E-state index contributed by atoms with van der Waals surface area (Å²) in [7, 11) is 1.71. The molecular formula is C16H19ClFN3O. The molecule has 1 aliphatic carbocycles. The third-order valence-electron chi connectivity index (χ3n) is 3.93. The molecule has 2 rings (SSSR count). The fourth-order valence-corrected chi connectivity index (χ4v) is 2.69. The first kappa shape index (κ1) is 16.7. The average Bonchev–Trinajstić information content (AvgIpc) is 3.27. The van der Waals surface area contributed by atoms with E-state index in [0.717, 1.165) is 12.8 Å². The molecule has 0 heterocycles. The van der Waals surface area contributed by atoms with Gasteiger partial charge in [-0.1, -0.05) is 17.7 Å². The highest BCUT2D eigenvalue weighted by atomic mass is 35.5. The number of amides is 1. The molecule has 4 nitrogen and oxygen atoms in total. The first-order chi connectivity index (χ1) is 10.4. The predicted molar refractivity (Wildman–Crippen MR) is 82.6 cm³/mol. The van der Waals surface area contributed by atoms with Crippen LogP contribution < -0.4 is 5.32 Å². The Hall–Kier alpha value is -1.64. The summed E-state index contributed by atoms with van der Waals surface area (Å²) in [6.45, 7) is 2.05. The number of likely N-dealkylation sites (N-methyl/N-ethyl adjacent to an activating group) is 1. The number of nitriles is 1. The summed E-state index contributed by atoms with van der Waals surface area (Å²) in [5.41, 5.74) is -0.446. The van der Waals surface area contributed by atoms with Crippen molar-refractivity contribution in [3.63, 3.8) is 0 Å². The van der Waals surface area contributed by atoms with Crippen LogP contribution in [0, 0.1) is 23.1 Å². The van der Waals surface area contributed by atoms with E-state index in [-0.39, 0.29) is 30.7 Å². The van der Waals surface area contributed by atoms with E-state index in [1.807, 2.05) is 0 Å². The number of nitrogens with zero attached hydrogens (tertiary/aromatic N) is 2. The Labute approximate surface area is 134 Å². The van der Waals surface area contributed by atoms with Gasteiger partial charge in [0.05, 0.1) is 12.6 Å². The van der Waals surface area contributed by atoms with Crippen LogP contribution in [-0.4, -0.2) is 29.9 Å². The van der Waals surface area contributed by atoms with Crippen molar-refractivity contribution in [2.24, 2.45) is 5.92 Å². The zero-order valence-electron chi connectivity index (χ0n) is 12.7. The molecule has 6 heteroatoms. The molecule has 1 atom stereocenters. The van der Waals surface area contributed by atoms with Crippen molar-refractivity contribution in [3.05, 3.63) is 34.6 Å². The standard InChI is InChI=1S/C16H19ClFN3O/c1-16(10-19,11-6-7-11)20-15(22)9-21(2)8-12-13(17)4-3-5-14(12)18/h3-5,11H,6-9H2,1-2H3,(H,20,22)/t16-/m1/s1. The largest absolute Gasteiger partial charge is 0.337 e. The minimum atomic E-state index is -0.812. The number of halogens is 2. The maximum atomic E-state index is 13.7. The molecule has 118 valence electrons. The van der Waals surface area contributed by atoms with E-state index in [9.17, 15) is 14.4 Å². The molecule has 0 saturated heterocycles. The molecule has 1 saturated carbocycles. The first-order valence-corrected chi connectivity index (χ1v) is 7.57. The van der Waals surface area contributed by atoms with Crippen LogP contribution in [0.1, 0.15) is 25.3 Å². The third kappa shape index (κ3) is 3.96. The number of carbonyl (C=O) groups excluding carboxylic acids is 1. The number of nitrogens with one attached hydrogen (secondary N) is 1. The quantitative estimate of drug-likeness (QED) is 0.875. The third-order valence-corrected chi connectivity index (χ3v) is 4.28. The Morgan fingerprint density at radius 1 is 1.59 bits per heavy atom. The van der Waals surface area contributed by atoms with Gasteiger partial charge in [0.15, 0.2) is 0 Å². The van der Waals surface area contributed by atoms with E-state index in [1.165, 1.54) is 6.07 Å². The Kier molecular flexibility index (Phi) is 5.05. The summed E-state index contributed by atoms with van der Waals surface area (Å²) in [5.74, 6) is -0.404. The number of hydrogen-bond acceptors (Lipinski definition) is 3. The molecule has 1 aromatic carbocycles. The Balaban J connectivity index is 1.93. The van der Waals surface area contributed by atoms with Crippen LogP contribution in [0.15, 0.2) is 18.2 Å². The van der Waals surface area contributed by atoms with Gasteiger partial charge in [-0.15, -0.1) is 0 Å². The predicted octanol–water partition coefficient (Wildman–Crippen LogP) is 2.72. The zero-order valence-corrected chi connectivity index (χ0v) is 13.5. The summed E-state index contributed by atoms with van der Waals surface area (Å²) < 4.78 is 13.7. The van der Waals surface area contributed by atoms with Crippen LogP contribution >= 0.6 is 11.6 Å². The average molecular weight is 324 g/mol. The smallest absolute Gasteiger partial charge is 0.235 e. The topological polar surface area (TPSA) is 56.1 Å². The van der Waals surface area contributed by atoms with Gasteiger partial charge in [-0.3, -0.25) is 9.69 Å². The van der Waals surface area contributed by atoms with Crippen LogP contribution in [0.4, 0.5) is 4.39 Å². The molecule has 0 spiro atoms. The van der Waals surface area contributed by atoms with Gasteiger partial charge in [-0.2, -0.15) is 5.26 Å². The van der Waals surface area contributed by atoms with Gasteiger partial charge >= 0.3 is 0 Å². The van der Waals surface area contributed by atoms with Crippen LogP contribution in [-0.2, 0) is 11.3 Å². The van der Waals surface area contributed by atoms with E-state index < -0.39 is 5.54 Å². The van der Waals surface area contributed by atoms with Crippen molar-refractivity contribution >= 4 is 17.5 Å². The van der Waals surface area contributed by atoms with E-state index in [2.05, 4.69) is 11.4 Å². The number of carbonyl (C=O) groups is 1. The van der Waals surface area contributed by atoms with Gasteiger partial charge in [0.1, 0.15) is 11.4 Å². The van der Waals surface area contributed by atoms with Crippen molar-refractivity contribution in [1.29, 1.82) is 5.26 Å². The normalized spacial score (nSPS) is 16.9. The van der Waals surface area contributed by atoms with E-state index in [0.29, 0.717) is 10.6 Å².